The van der Waals surface area contributed by atoms with Gasteiger partial charge in [-0.2, -0.15) is 0 Å². The first-order chi connectivity index (χ1) is 4.72. The Morgan fingerprint density at radius 3 is 2.60 bits per heavy atom. The lowest BCUT2D eigenvalue weighted by atomic mass is 10.4. The number of nitrogens with zero attached hydrogens (tertiary/aromatic N) is 1. The zero-order valence-corrected chi connectivity index (χ0v) is 7.62. The normalized spacial score (nSPS) is 14.1. The second-order valence-electron chi connectivity index (χ2n) is 2.18. The number of hydrogen-bond acceptors (Lipinski definition) is 2. The first-order valence-corrected chi connectivity index (χ1v) is 4.88. The van der Waals surface area contributed by atoms with E-state index in [2.05, 4.69) is 6.92 Å². The molecule has 0 fully saturated rings. The van der Waals surface area contributed by atoms with Crippen LogP contribution in [0.4, 0.5) is 0 Å². The highest BCUT2D eigenvalue weighted by molar-refractivity contribution is 7.89. The van der Waals surface area contributed by atoms with E-state index < -0.39 is 11.4 Å². The molecule has 0 heterocycles. The highest BCUT2D eigenvalue weighted by Crippen LogP contribution is 2.00. The van der Waals surface area contributed by atoms with Crippen molar-refractivity contribution in [2.24, 2.45) is 0 Å². The standard InChI is InChI=1S/C7H16NOS/c1-4-6-7-10(9)8(3)5-2/h1,4-7H2,2-3H3. The Morgan fingerprint density at radius 1 is 1.60 bits per heavy atom. The first-order valence-electron chi connectivity index (χ1n) is 3.61. The highest BCUT2D eigenvalue weighted by Gasteiger charge is 2.09. The van der Waals surface area contributed by atoms with Gasteiger partial charge in [-0.1, -0.05) is 6.92 Å². The van der Waals surface area contributed by atoms with E-state index >= 15 is 0 Å². The molecule has 0 saturated heterocycles. The van der Waals surface area contributed by atoms with Crippen LogP contribution in [0.15, 0.2) is 0 Å². The van der Waals surface area contributed by atoms with Crippen LogP contribution in [0.3, 0.4) is 0 Å². The lowest BCUT2D eigenvalue weighted by Crippen LogP contribution is -2.28. The molecule has 0 aliphatic carbocycles. The third-order valence-corrected chi connectivity index (χ3v) is 2.95. The topological polar surface area (TPSA) is 26.3 Å². The Hall–Kier alpha value is 0.270. The van der Waals surface area contributed by atoms with Crippen molar-refractivity contribution in [1.82, 2.24) is 4.31 Å². The summed E-state index contributed by atoms with van der Waals surface area (Å²) in [5, 5.41) is 0. The SMILES string of the molecule is [CH2]CCC[S+]([O-])N(C)CC. The molecule has 1 radical (unpaired) electrons. The van der Waals surface area contributed by atoms with Crippen LogP contribution in [-0.2, 0) is 11.4 Å². The summed E-state index contributed by atoms with van der Waals surface area (Å²) in [7, 11) is 1.87. The minimum Gasteiger partial charge on any atom is -0.598 e. The molecule has 3 heteroatoms. The van der Waals surface area contributed by atoms with Crippen LogP contribution in [0, 0.1) is 6.92 Å². The molecule has 1 unspecified atom stereocenters. The van der Waals surface area contributed by atoms with Crippen molar-refractivity contribution < 1.29 is 4.55 Å². The summed E-state index contributed by atoms with van der Waals surface area (Å²) in [6, 6.07) is 0. The summed E-state index contributed by atoms with van der Waals surface area (Å²) < 4.78 is 13.0. The molecule has 0 rings (SSSR count). The van der Waals surface area contributed by atoms with Gasteiger partial charge in [0.05, 0.1) is 0 Å². The van der Waals surface area contributed by atoms with Gasteiger partial charge in [-0.25, -0.2) is 0 Å². The molecule has 0 aliphatic heterocycles. The molecule has 2 nitrogen and oxygen atoms in total. The van der Waals surface area contributed by atoms with Crippen LogP contribution in [0.5, 0.6) is 0 Å². The molecule has 0 amide bonds. The summed E-state index contributed by atoms with van der Waals surface area (Å²) in [4.78, 5) is 0. The third kappa shape index (κ3) is 4.14. The Kier molecular flexibility index (Phi) is 6.17. The molecule has 0 aromatic carbocycles. The molecule has 0 aromatic rings. The van der Waals surface area contributed by atoms with Gasteiger partial charge in [-0.15, -0.1) is 4.31 Å². The van der Waals surface area contributed by atoms with Crippen molar-refractivity contribution >= 4 is 11.4 Å². The van der Waals surface area contributed by atoms with E-state index in [1.807, 2.05) is 18.3 Å². The molecular formula is C7H16NOS. The van der Waals surface area contributed by atoms with Gasteiger partial charge in [-0.3, -0.25) is 0 Å². The highest BCUT2D eigenvalue weighted by atomic mass is 32.2. The zero-order valence-electron chi connectivity index (χ0n) is 6.80. The molecule has 0 N–H and O–H groups in total. The van der Waals surface area contributed by atoms with E-state index in [1.165, 1.54) is 0 Å². The minimum atomic E-state index is -0.771. The second kappa shape index (κ2) is 6.01. The summed E-state index contributed by atoms with van der Waals surface area (Å²) >= 11 is -0.771. The van der Waals surface area contributed by atoms with E-state index in [1.54, 1.807) is 0 Å². The van der Waals surface area contributed by atoms with Crippen molar-refractivity contribution in [3.05, 3.63) is 6.92 Å². The van der Waals surface area contributed by atoms with Crippen LogP contribution in [0.25, 0.3) is 0 Å². The van der Waals surface area contributed by atoms with E-state index in [9.17, 15) is 4.55 Å². The minimum absolute atomic E-state index is 0.758. The maximum atomic E-state index is 11.1. The molecule has 1 atom stereocenters. The quantitative estimate of drug-likeness (QED) is 0.568. The van der Waals surface area contributed by atoms with Gasteiger partial charge in [0.15, 0.2) is 0 Å². The van der Waals surface area contributed by atoms with Gasteiger partial charge in [0, 0.05) is 25.0 Å². The van der Waals surface area contributed by atoms with Gasteiger partial charge in [0.1, 0.15) is 5.75 Å². The number of unbranched alkanes of at least 4 members (excludes halogenated alkanes) is 1. The summed E-state index contributed by atoms with van der Waals surface area (Å²) in [6.07, 6.45) is 1.83. The van der Waals surface area contributed by atoms with Crippen molar-refractivity contribution in [2.75, 3.05) is 19.3 Å². The van der Waals surface area contributed by atoms with E-state index in [-0.39, 0.29) is 0 Å². The van der Waals surface area contributed by atoms with Crippen molar-refractivity contribution in [3.8, 4) is 0 Å². The smallest absolute Gasteiger partial charge is 0.125 e. The van der Waals surface area contributed by atoms with Crippen molar-refractivity contribution in [2.45, 2.75) is 19.8 Å². The third-order valence-electron chi connectivity index (χ3n) is 1.36. The van der Waals surface area contributed by atoms with Gasteiger partial charge in [0.25, 0.3) is 0 Å². The fourth-order valence-corrected chi connectivity index (χ4v) is 1.58. The van der Waals surface area contributed by atoms with E-state index in [4.69, 9.17) is 0 Å². The molecule has 0 saturated carbocycles. The fourth-order valence-electron chi connectivity index (χ4n) is 0.525. The van der Waals surface area contributed by atoms with Gasteiger partial charge in [0.2, 0.25) is 0 Å². The summed E-state index contributed by atoms with van der Waals surface area (Å²) in [5.41, 5.74) is 0. The molecule has 0 bridgehead atoms. The van der Waals surface area contributed by atoms with Crippen LogP contribution < -0.4 is 0 Å². The van der Waals surface area contributed by atoms with Crippen LogP contribution in [0.1, 0.15) is 19.8 Å². The molecular weight excluding hydrogens is 146 g/mol. The number of rotatable bonds is 5. The number of hydrogen-bond donors (Lipinski definition) is 0. The maximum Gasteiger partial charge on any atom is 0.125 e. The summed E-state index contributed by atoms with van der Waals surface area (Å²) in [5.74, 6) is 0.758. The van der Waals surface area contributed by atoms with Crippen LogP contribution >= 0.6 is 0 Å². The molecule has 0 aliphatic rings. The monoisotopic (exact) mass is 162 g/mol. The molecule has 61 valence electrons. The van der Waals surface area contributed by atoms with Gasteiger partial charge >= 0.3 is 0 Å². The van der Waals surface area contributed by atoms with Crippen molar-refractivity contribution in [1.29, 1.82) is 0 Å². The van der Waals surface area contributed by atoms with Crippen molar-refractivity contribution in [3.63, 3.8) is 0 Å². The zero-order chi connectivity index (χ0) is 7.98. The van der Waals surface area contributed by atoms with Crippen LogP contribution in [-0.4, -0.2) is 28.2 Å². The van der Waals surface area contributed by atoms with E-state index in [0.717, 1.165) is 25.1 Å². The fraction of sp³-hybridized carbons (Fsp3) is 0.857. The average molecular weight is 162 g/mol. The van der Waals surface area contributed by atoms with Crippen LogP contribution in [0.2, 0.25) is 0 Å². The first kappa shape index (κ1) is 10.3. The second-order valence-corrected chi connectivity index (χ2v) is 3.85. The predicted octanol–water partition coefficient (Wildman–Crippen LogP) is 1.22. The Morgan fingerprint density at radius 2 is 2.20 bits per heavy atom. The molecule has 10 heavy (non-hydrogen) atoms. The Labute approximate surface area is 66.9 Å². The largest absolute Gasteiger partial charge is 0.598 e. The molecule has 0 spiro atoms. The average Bonchev–Trinajstić information content (AvgIpc) is 1.98. The Bertz CT molecular complexity index is 80.0. The predicted molar refractivity (Wildman–Crippen MR) is 45.9 cm³/mol. The van der Waals surface area contributed by atoms with E-state index in [0.29, 0.717) is 0 Å². The molecule has 0 aromatic heterocycles. The Balaban J connectivity index is 3.31. The van der Waals surface area contributed by atoms with Gasteiger partial charge < -0.3 is 4.55 Å². The summed E-state index contributed by atoms with van der Waals surface area (Å²) in [6.45, 7) is 6.54. The lowest BCUT2D eigenvalue weighted by Gasteiger charge is -2.17. The lowest BCUT2D eigenvalue weighted by molar-refractivity contribution is 0.484. The maximum absolute atomic E-state index is 11.1. The van der Waals surface area contributed by atoms with Gasteiger partial charge in [-0.05, 0) is 19.8 Å².